The number of hydrogen-bond acceptors (Lipinski definition) is 4. The van der Waals surface area contributed by atoms with E-state index in [-0.39, 0.29) is 5.84 Å². The fourth-order valence-electron chi connectivity index (χ4n) is 1.62. The van der Waals surface area contributed by atoms with Gasteiger partial charge in [0.2, 0.25) is 0 Å². The summed E-state index contributed by atoms with van der Waals surface area (Å²) >= 11 is 0. The predicted octanol–water partition coefficient (Wildman–Crippen LogP) is -0.555. The van der Waals surface area contributed by atoms with Crippen LogP contribution in [0, 0.1) is 0 Å². The van der Waals surface area contributed by atoms with Crippen molar-refractivity contribution in [3.8, 4) is 0 Å². The number of oxime groups is 1. The summed E-state index contributed by atoms with van der Waals surface area (Å²) in [4.78, 5) is 6.31. The quantitative estimate of drug-likeness (QED) is 0.287. The fraction of sp³-hybridized carbons (Fsp3) is 0.500. The third-order valence-electron chi connectivity index (χ3n) is 2.34. The molecule has 0 fully saturated rings. The summed E-state index contributed by atoms with van der Waals surface area (Å²) in [5.74, 6) is 1.27. The molecule has 0 aromatic carbocycles. The smallest absolute Gasteiger partial charge is 0.153 e. The van der Waals surface area contributed by atoms with Crippen LogP contribution in [0.2, 0.25) is 0 Å². The second-order valence-corrected chi connectivity index (χ2v) is 3.34. The Labute approximate surface area is 81.6 Å². The Morgan fingerprint density at radius 2 is 2.50 bits per heavy atom. The van der Waals surface area contributed by atoms with Crippen LogP contribution in [0.4, 0.5) is 0 Å². The van der Waals surface area contributed by atoms with Gasteiger partial charge < -0.3 is 15.5 Å². The van der Waals surface area contributed by atoms with Gasteiger partial charge in [0.15, 0.2) is 5.84 Å². The van der Waals surface area contributed by atoms with Crippen molar-refractivity contribution in [2.45, 2.75) is 13.1 Å². The molecule has 2 heterocycles. The van der Waals surface area contributed by atoms with E-state index in [9.17, 15) is 0 Å². The van der Waals surface area contributed by atoms with Crippen molar-refractivity contribution in [3.63, 3.8) is 0 Å². The van der Waals surface area contributed by atoms with Crippen LogP contribution in [0.3, 0.4) is 0 Å². The van der Waals surface area contributed by atoms with Crippen molar-refractivity contribution in [2.24, 2.45) is 10.9 Å². The maximum atomic E-state index is 8.44. The molecule has 1 aromatic rings. The minimum absolute atomic E-state index is 0.241. The minimum Gasteiger partial charge on any atom is -0.409 e. The van der Waals surface area contributed by atoms with Crippen LogP contribution in [0.1, 0.15) is 5.82 Å². The molecule has 6 nitrogen and oxygen atoms in total. The first-order valence-electron chi connectivity index (χ1n) is 4.48. The number of amidine groups is 1. The lowest BCUT2D eigenvalue weighted by atomic mass is 10.3. The molecule has 76 valence electrons. The molecule has 14 heavy (non-hydrogen) atoms. The largest absolute Gasteiger partial charge is 0.409 e. The molecule has 1 aliphatic rings. The van der Waals surface area contributed by atoms with Crippen molar-refractivity contribution in [3.05, 3.63) is 18.2 Å². The van der Waals surface area contributed by atoms with Gasteiger partial charge in [-0.1, -0.05) is 5.16 Å². The van der Waals surface area contributed by atoms with Crippen LogP contribution in [0.5, 0.6) is 0 Å². The zero-order chi connectivity index (χ0) is 9.97. The summed E-state index contributed by atoms with van der Waals surface area (Å²) in [6.07, 6.45) is 3.76. The summed E-state index contributed by atoms with van der Waals surface area (Å²) in [5, 5.41) is 11.4. The van der Waals surface area contributed by atoms with E-state index < -0.39 is 0 Å². The maximum Gasteiger partial charge on any atom is 0.153 e. The molecule has 1 aliphatic heterocycles. The van der Waals surface area contributed by atoms with Gasteiger partial charge in [0.1, 0.15) is 5.82 Å². The number of fused-ring (bicyclic) bond motifs is 1. The van der Waals surface area contributed by atoms with E-state index in [1.165, 1.54) is 0 Å². The maximum absolute atomic E-state index is 8.44. The number of imidazole rings is 1. The first kappa shape index (κ1) is 9.01. The van der Waals surface area contributed by atoms with Crippen LogP contribution in [-0.2, 0) is 13.1 Å². The van der Waals surface area contributed by atoms with Gasteiger partial charge in [0.25, 0.3) is 0 Å². The average molecular weight is 195 g/mol. The topological polar surface area (TPSA) is 79.7 Å². The number of nitrogens with two attached hydrogens (primary N) is 1. The fourth-order valence-corrected chi connectivity index (χ4v) is 1.62. The SMILES string of the molecule is N/C(CN1CCn2ccnc2C1)=N\O. The Hall–Kier alpha value is -1.56. The lowest BCUT2D eigenvalue weighted by molar-refractivity contribution is 0.240. The van der Waals surface area contributed by atoms with Gasteiger partial charge in [-0.15, -0.1) is 0 Å². The van der Waals surface area contributed by atoms with Crippen molar-refractivity contribution >= 4 is 5.84 Å². The highest BCUT2D eigenvalue weighted by molar-refractivity contribution is 5.81. The zero-order valence-corrected chi connectivity index (χ0v) is 7.80. The monoisotopic (exact) mass is 195 g/mol. The normalized spacial score (nSPS) is 18.1. The summed E-state index contributed by atoms with van der Waals surface area (Å²) in [6.45, 7) is 3.06. The van der Waals surface area contributed by atoms with Gasteiger partial charge in [0, 0.05) is 25.5 Å². The van der Waals surface area contributed by atoms with Crippen LogP contribution in [-0.4, -0.2) is 38.6 Å². The number of hydrogen-bond donors (Lipinski definition) is 2. The summed E-state index contributed by atoms with van der Waals surface area (Å²) in [6, 6.07) is 0. The van der Waals surface area contributed by atoms with Crippen LogP contribution in [0.15, 0.2) is 17.5 Å². The molecule has 1 aromatic heterocycles. The van der Waals surface area contributed by atoms with Crippen molar-refractivity contribution in [1.29, 1.82) is 0 Å². The summed E-state index contributed by atoms with van der Waals surface area (Å²) in [7, 11) is 0. The van der Waals surface area contributed by atoms with Gasteiger partial charge in [0.05, 0.1) is 13.1 Å². The third kappa shape index (κ3) is 1.69. The molecule has 6 heteroatoms. The molecule has 0 radical (unpaired) electrons. The number of nitrogens with zero attached hydrogens (tertiary/aromatic N) is 4. The molecule has 0 aliphatic carbocycles. The lowest BCUT2D eigenvalue weighted by Gasteiger charge is -2.26. The Kier molecular flexibility index (Phi) is 2.36. The van der Waals surface area contributed by atoms with Gasteiger partial charge >= 0.3 is 0 Å². The highest BCUT2D eigenvalue weighted by Crippen LogP contribution is 2.09. The molecule has 0 spiro atoms. The Morgan fingerprint density at radius 1 is 1.64 bits per heavy atom. The van der Waals surface area contributed by atoms with E-state index in [1.807, 2.05) is 6.20 Å². The standard InChI is InChI=1S/C8H13N5O/c9-7(11-14)5-12-3-4-13-2-1-10-8(13)6-12/h1-2,14H,3-6H2,(H2,9,11). The van der Waals surface area contributed by atoms with E-state index in [0.29, 0.717) is 6.54 Å². The molecular weight excluding hydrogens is 182 g/mol. The van der Waals surface area contributed by atoms with Gasteiger partial charge in [-0.2, -0.15) is 0 Å². The predicted molar refractivity (Wildman–Crippen MR) is 50.9 cm³/mol. The number of rotatable bonds is 2. The molecule has 0 saturated carbocycles. The van der Waals surface area contributed by atoms with E-state index in [1.54, 1.807) is 6.20 Å². The first-order valence-corrected chi connectivity index (χ1v) is 4.48. The first-order chi connectivity index (χ1) is 6.79. The van der Waals surface area contributed by atoms with Crippen LogP contribution < -0.4 is 5.73 Å². The van der Waals surface area contributed by atoms with Crippen molar-refractivity contribution in [2.75, 3.05) is 13.1 Å². The van der Waals surface area contributed by atoms with Crippen molar-refractivity contribution < 1.29 is 5.21 Å². The van der Waals surface area contributed by atoms with Gasteiger partial charge in [-0.05, 0) is 0 Å². The zero-order valence-electron chi connectivity index (χ0n) is 7.80. The minimum atomic E-state index is 0.241. The molecule has 2 rings (SSSR count). The average Bonchev–Trinajstić information content (AvgIpc) is 2.64. The molecule has 3 N–H and O–H groups in total. The molecular formula is C8H13N5O. The Bertz CT molecular complexity index is 345. The lowest BCUT2D eigenvalue weighted by Crippen LogP contribution is -2.39. The van der Waals surface area contributed by atoms with E-state index >= 15 is 0 Å². The molecule has 0 amide bonds. The highest BCUT2D eigenvalue weighted by Gasteiger charge is 2.16. The second-order valence-electron chi connectivity index (χ2n) is 3.34. The molecule has 0 bridgehead atoms. The Morgan fingerprint density at radius 3 is 3.29 bits per heavy atom. The highest BCUT2D eigenvalue weighted by atomic mass is 16.4. The van der Waals surface area contributed by atoms with E-state index in [0.717, 1.165) is 25.5 Å². The van der Waals surface area contributed by atoms with Gasteiger partial charge in [-0.25, -0.2) is 4.98 Å². The van der Waals surface area contributed by atoms with E-state index in [4.69, 9.17) is 10.9 Å². The van der Waals surface area contributed by atoms with E-state index in [2.05, 4.69) is 19.6 Å². The Balaban J connectivity index is 2.01. The molecule has 0 unspecified atom stereocenters. The van der Waals surface area contributed by atoms with Crippen LogP contribution in [0.25, 0.3) is 0 Å². The van der Waals surface area contributed by atoms with Gasteiger partial charge in [-0.3, -0.25) is 4.90 Å². The second kappa shape index (κ2) is 3.67. The number of aromatic nitrogens is 2. The van der Waals surface area contributed by atoms with Crippen LogP contribution >= 0.6 is 0 Å². The molecule has 0 saturated heterocycles. The van der Waals surface area contributed by atoms with Crippen molar-refractivity contribution in [1.82, 2.24) is 14.5 Å². The summed E-state index contributed by atoms with van der Waals surface area (Å²) < 4.78 is 2.11. The summed E-state index contributed by atoms with van der Waals surface area (Å²) in [5.41, 5.74) is 5.43. The third-order valence-corrected chi connectivity index (χ3v) is 2.34. The molecule has 0 atom stereocenters.